The highest BCUT2D eigenvalue weighted by Crippen LogP contribution is 2.54. The first-order valence-electron chi connectivity index (χ1n) is 45.6. The topological polar surface area (TPSA) is 34.8 Å². The molecule has 22 rings (SSSR count). The van der Waals surface area contributed by atoms with Crippen molar-refractivity contribution in [1.82, 2.24) is 9.13 Å². The number of hydrogen-bond acceptors (Lipinski definition) is 4. The maximum Gasteiger partial charge on any atom is 0.0721 e. The second kappa shape index (κ2) is 34.9. The van der Waals surface area contributed by atoms with E-state index in [0.717, 1.165) is 74.2 Å². The summed E-state index contributed by atoms with van der Waals surface area (Å²) in [5, 5.41) is 4.94. The van der Waals surface area contributed by atoms with Crippen molar-refractivity contribution in [3.63, 3.8) is 0 Å². The molecule has 20 aromatic rings. The van der Waals surface area contributed by atoms with Gasteiger partial charge in [-0.3, -0.25) is 0 Å². The standard InChI is InChI=1S/C63H54N2O.C61H48N2O/c1-5-43(2)46-23-19-44(20-24-46)41-66-42-45-21-30-53(31-22-45)65-61-18-12-10-16-57(61)58-39-50(29-38-62(58)65)49-27-34-52(35-28-49)64(51-32-25-48(26-33-51)47-13-7-6-8-14-47)54-36-37-56-55-15-9-11-17-59(55)63(3,4)60(56)40-54;1-4-42-18-20-43(21-19-42)40-64-41-44-22-29-51(30-23-44)63-59-17-11-9-15-55(59)56-38-48(28-37-60(56)63)47-26-33-50(34-27-47)62(49-31-24-46(25-32-49)45-12-6-5-7-13-45)52-35-36-54-53-14-8-10-16-57(53)61(2,3)58(54)39-52/h6-40,43H,5,41-42H2,1-4H3;4-39H,1,40-41H2,2-3H3. The van der Waals surface area contributed by atoms with E-state index in [1.807, 2.05) is 6.08 Å². The van der Waals surface area contributed by atoms with Gasteiger partial charge in [0.15, 0.2) is 0 Å². The third-order valence-corrected chi connectivity index (χ3v) is 27.2. The molecule has 1 atom stereocenters. The smallest absolute Gasteiger partial charge is 0.0721 e. The zero-order chi connectivity index (χ0) is 88.0. The number of anilines is 6. The average molecular weight is 1680 g/mol. The Morgan fingerprint density at radius 1 is 0.277 bits per heavy atom. The Morgan fingerprint density at radius 2 is 0.577 bits per heavy atom. The van der Waals surface area contributed by atoms with Crippen LogP contribution in [0.4, 0.5) is 34.1 Å². The molecule has 1 unspecified atom stereocenters. The van der Waals surface area contributed by atoms with Gasteiger partial charge in [-0.25, -0.2) is 0 Å². The molecule has 2 aliphatic carbocycles. The van der Waals surface area contributed by atoms with E-state index in [1.54, 1.807) is 0 Å². The highest BCUT2D eigenvalue weighted by atomic mass is 16.5. The SMILES string of the molecule is C=Cc1ccc(COCc2ccc(-n3c4ccccc4c4cc(-c5ccc(N(c6ccc(-c7ccccc7)cc6)c6ccc7c(c6)C(C)(C)c6ccccc6-7)cc5)ccc43)cc2)cc1.CCC(C)c1ccc(COCc2ccc(-n3c4ccccc4c4cc(-c5ccc(N(c6ccc(-c7ccccc7)cc6)c6ccc7c(c6)C(C)(C)c6ccccc6-7)cc5)ccc43)cc2)cc1. The molecule has 0 fully saturated rings. The molecule has 2 heterocycles. The van der Waals surface area contributed by atoms with Gasteiger partial charge in [-0.15, -0.1) is 0 Å². The predicted molar refractivity (Wildman–Crippen MR) is 546 cm³/mol. The monoisotopic (exact) mass is 1680 g/mol. The molecule has 0 aliphatic heterocycles. The number of rotatable bonds is 23. The zero-order valence-corrected chi connectivity index (χ0v) is 74.4. The van der Waals surface area contributed by atoms with Crippen molar-refractivity contribution in [1.29, 1.82) is 0 Å². The number of nitrogens with zero attached hydrogens (tertiary/aromatic N) is 4. The number of benzene rings is 18. The summed E-state index contributed by atoms with van der Waals surface area (Å²) in [6, 6.07) is 155. The predicted octanol–water partition coefficient (Wildman–Crippen LogP) is 33.4. The van der Waals surface area contributed by atoms with E-state index in [1.165, 1.54) is 144 Å². The lowest BCUT2D eigenvalue weighted by Crippen LogP contribution is -2.16. The minimum Gasteiger partial charge on any atom is -0.372 e. The van der Waals surface area contributed by atoms with Crippen LogP contribution in [0.2, 0.25) is 0 Å². The molecule has 0 amide bonds. The Morgan fingerprint density at radius 3 is 0.954 bits per heavy atom. The Labute approximate surface area is 763 Å². The molecule has 0 spiro atoms. The minimum atomic E-state index is -0.103. The van der Waals surface area contributed by atoms with E-state index >= 15 is 0 Å². The molecule has 0 N–H and O–H groups in total. The van der Waals surface area contributed by atoms with E-state index in [-0.39, 0.29) is 10.8 Å². The average Bonchev–Trinajstić information content (AvgIpc) is 1.59. The zero-order valence-electron chi connectivity index (χ0n) is 74.4. The second-order valence-corrected chi connectivity index (χ2v) is 35.9. The summed E-state index contributed by atoms with van der Waals surface area (Å²) in [7, 11) is 0. The molecular weight excluding hydrogens is 1580 g/mol. The number of para-hydroxylation sites is 2. The molecule has 0 bridgehead atoms. The van der Waals surface area contributed by atoms with E-state index in [0.29, 0.717) is 32.3 Å². The van der Waals surface area contributed by atoms with Gasteiger partial charge in [0.05, 0.1) is 48.5 Å². The van der Waals surface area contributed by atoms with E-state index < -0.39 is 0 Å². The van der Waals surface area contributed by atoms with Crippen LogP contribution in [0.3, 0.4) is 0 Å². The van der Waals surface area contributed by atoms with Crippen LogP contribution in [0.25, 0.3) is 128 Å². The van der Waals surface area contributed by atoms with Crippen molar-refractivity contribution in [3.05, 3.63) is 487 Å². The van der Waals surface area contributed by atoms with Crippen LogP contribution in [0.5, 0.6) is 0 Å². The summed E-state index contributed by atoms with van der Waals surface area (Å²) in [6.45, 7) is 20.1. The summed E-state index contributed by atoms with van der Waals surface area (Å²) < 4.78 is 17.0. The second-order valence-electron chi connectivity index (χ2n) is 35.9. The Balaban J connectivity index is 0.000000157. The quantitative estimate of drug-likeness (QED) is 0.0639. The van der Waals surface area contributed by atoms with E-state index in [4.69, 9.17) is 9.47 Å². The lowest BCUT2D eigenvalue weighted by Gasteiger charge is -2.28. The fraction of sp³-hybridized carbons (Fsp3) is 0.113. The summed E-state index contributed by atoms with van der Waals surface area (Å²) in [5.74, 6) is 0.579. The van der Waals surface area contributed by atoms with Gasteiger partial charge in [0.2, 0.25) is 0 Å². The normalized spacial score (nSPS) is 12.9. The number of aromatic nitrogens is 2. The van der Waals surface area contributed by atoms with Crippen LogP contribution in [0, 0.1) is 0 Å². The van der Waals surface area contributed by atoms with Gasteiger partial charge < -0.3 is 28.4 Å². The molecule has 18 aromatic carbocycles. The van der Waals surface area contributed by atoms with Crippen molar-refractivity contribution in [2.75, 3.05) is 9.80 Å². The van der Waals surface area contributed by atoms with Crippen molar-refractivity contribution < 1.29 is 9.47 Å². The van der Waals surface area contributed by atoms with Crippen molar-refractivity contribution in [2.45, 2.75) is 91.1 Å². The van der Waals surface area contributed by atoms with Gasteiger partial charge in [-0.1, -0.05) is 345 Å². The maximum atomic E-state index is 6.17. The third-order valence-electron chi connectivity index (χ3n) is 27.2. The first kappa shape index (κ1) is 81.8. The summed E-state index contributed by atoms with van der Waals surface area (Å²) in [5.41, 5.74) is 41.1. The van der Waals surface area contributed by atoms with Crippen molar-refractivity contribution in [2.24, 2.45) is 0 Å². The third kappa shape index (κ3) is 15.6. The molecule has 2 aromatic heterocycles. The van der Waals surface area contributed by atoms with Crippen LogP contribution < -0.4 is 9.80 Å². The lowest BCUT2D eigenvalue weighted by atomic mass is 9.82. The molecule has 6 nitrogen and oxygen atoms in total. The number of hydrogen-bond donors (Lipinski definition) is 0. The minimum absolute atomic E-state index is 0.102. The maximum absolute atomic E-state index is 6.17. The largest absolute Gasteiger partial charge is 0.372 e. The molecule has 2 aliphatic rings. The van der Waals surface area contributed by atoms with Crippen LogP contribution in [-0.2, 0) is 46.7 Å². The van der Waals surface area contributed by atoms with Crippen LogP contribution in [0.1, 0.15) is 110 Å². The first-order chi connectivity index (χ1) is 63.8. The van der Waals surface area contributed by atoms with E-state index in [9.17, 15) is 0 Å². The van der Waals surface area contributed by atoms with E-state index in [2.05, 4.69) is 492 Å². The molecule has 0 radical (unpaired) electrons. The fourth-order valence-corrected chi connectivity index (χ4v) is 19.9. The number of fused-ring (bicyclic) bond motifs is 12. The summed E-state index contributed by atoms with van der Waals surface area (Å²) in [4.78, 5) is 4.80. The van der Waals surface area contributed by atoms with Crippen LogP contribution in [-0.4, -0.2) is 9.13 Å². The lowest BCUT2D eigenvalue weighted by molar-refractivity contribution is 0.107. The summed E-state index contributed by atoms with van der Waals surface area (Å²) >= 11 is 0. The van der Waals surface area contributed by atoms with Gasteiger partial charge in [-0.05, 0) is 268 Å². The van der Waals surface area contributed by atoms with Gasteiger partial charge in [0, 0.05) is 77.9 Å². The Hall–Kier alpha value is -15.2. The van der Waals surface area contributed by atoms with Crippen LogP contribution >= 0.6 is 0 Å². The highest BCUT2D eigenvalue weighted by Gasteiger charge is 2.38. The molecule has 0 saturated heterocycles. The molecule has 6 heteroatoms. The van der Waals surface area contributed by atoms with Gasteiger partial charge in [0.1, 0.15) is 0 Å². The fourth-order valence-electron chi connectivity index (χ4n) is 19.9. The molecule has 0 saturated carbocycles. The van der Waals surface area contributed by atoms with Crippen molar-refractivity contribution >= 4 is 83.8 Å². The van der Waals surface area contributed by atoms with Gasteiger partial charge >= 0.3 is 0 Å². The Bertz CT molecular complexity index is 7540. The number of ether oxygens (including phenoxy) is 2. The molecule has 630 valence electrons. The van der Waals surface area contributed by atoms with Crippen molar-refractivity contribution in [3.8, 4) is 78.1 Å². The first-order valence-corrected chi connectivity index (χ1v) is 45.6. The molecule has 130 heavy (non-hydrogen) atoms. The highest BCUT2D eigenvalue weighted by molar-refractivity contribution is 6.12. The molecular formula is C124H102N4O2. The van der Waals surface area contributed by atoms with Crippen LogP contribution in [0.15, 0.2) is 431 Å². The van der Waals surface area contributed by atoms with Gasteiger partial charge in [0.25, 0.3) is 0 Å². The Kier molecular flexibility index (Phi) is 22.0. The summed E-state index contributed by atoms with van der Waals surface area (Å²) in [6.07, 6.45) is 3.01. The van der Waals surface area contributed by atoms with Gasteiger partial charge in [-0.2, -0.15) is 0 Å².